The Balaban J connectivity index is 1.55. The Hall–Kier alpha value is -2.56. The molecule has 3 aromatic rings. The van der Waals surface area contributed by atoms with E-state index in [4.69, 9.17) is 11.6 Å². The van der Waals surface area contributed by atoms with Crippen LogP contribution < -0.4 is 10.0 Å². The predicted octanol–water partition coefficient (Wildman–Crippen LogP) is 4.26. The first-order valence-corrected chi connectivity index (χ1v) is 11.2. The molecule has 0 spiro atoms. The second-order valence-electron chi connectivity index (χ2n) is 6.43. The first-order chi connectivity index (χ1) is 13.8. The van der Waals surface area contributed by atoms with E-state index in [1.54, 1.807) is 0 Å². The molecule has 2 N–H and O–H groups in total. The molecule has 0 radical (unpaired) electrons. The van der Waals surface area contributed by atoms with Crippen LogP contribution in [-0.2, 0) is 10.0 Å². The molecule has 0 atom stereocenters. The van der Waals surface area contributed by atoms with E-state index >= 15 is 0 Å². The molecule has 150 valence electrons. The van der Waals surface area contributed by atoms with E-state index in [0.29, 0.717) is 11.0 Å². The highest BCUT2D eigenvalue weighted by molar-refractivity contribution is 7.92. The zero-order valence-corrected chi connectivity index (χ0v) is 17.1. The summed E-state index contributed by atoms with van der Waals surface area (Å²) in [7, 11) is -4.01. The van der Waals surface area contributed by atoms with E-state index in [9.17, 15) is 17.6 Å². The van der Waals surface area contributed by atoms with E-state index < -0.39 is 21.7 Å². The van der Waals surface area contributed by atoms with Crippen LogP contribution >= 0.6 is 22.9 Å². The number of carbonyl (C=O) groups is 1. The summed E-state index contributed by atoms with van der Waals surface area (Å²) in [5.41, 5.74) is 0.172. The lowest BCUT2D eigenvalue weighted by Gasteiger charge is -2.10. The van der Waals surface area contributed by atoms with Crippen molar-refractivity contribution in [1.82, 2.24) is 10.2 Å². The van der Waals surface area contributed by atoms with Gasteiger partial charge in [0.25, 0.3) is 15.9 Å². The predicted molar refractivity (Wildman–Crippen MR) is 108 cm³/mol. The lowest BCUT2D eigenvalue weighted by Crippen LogP contribution is -2.16. The topological polar surface area (TPSA) is 101 Å². The van der Waals surface area contributed by atoms with Gasteiger partial charge in [-0.2, -0.15) is 0 Å². The van der Waals surface area contributed by atoms with Crippen molar-refractivity contribution in [3.05, 3.63) is 63.9 Å². The van der Waals surface area contributed by atoms with Crippen LogP contribution in [0.5, 0.6) is 0 Å². The summed E-state index contributed by atoms with van der Waals surface area (Å²) < 4.78 is 40.6. The largest absolute Gasteiger partial charge is 0.296 e. The van der Waals surface area contributed by atoms with E-state index in [-0.39, 0.29) is 21.2 Å². The second kappa shape index (κ2) is 7.69. The molecule has 0 aliphatic heterocycles. The van der Waals surface area contributed by atoms with E-state index in [1.165, 1.54) is 41.7 Å². The van der Waals surface area contributed by atoms with Crippen LogP contribution in [0.15, 0.2) is 47.4 Å². The molecule has 7 nitrogen and oxygen atoms in total. The summed E-state index contributed by atoms with van der Waals surface area (Å²) in [5.74, 6) is -0.667. The quantitative estimate of drug-likeness (QED) is 0.581. The third kappa shape index (κ3) is 4.55. The van der Waals surface area contributed by atoms with Gasteiger partial charge in [0.2, 0.25) is 5.13 Å². The molecule has 4 rings (SSSR count). The SMILES string of the molecule is O=C(Nc1nnc(C2CC2)s1)c1cc(S(=O)(=O)Nc2ccc(F)cc2)ccc1Cl. The van der Waals surface area contributed by atoms with Crippen LogP contribution in [0.1, 0.15) is 34.1 Å². The van der Waals surface area contributed by atoms with Crippen LogP contribution in [-0.4, -0.2) is 24.5 Å². The highest BCUT2D eigenvalue weighted by atomic mass is 35.5. The van der Waals surface area contributed by atoms with Gasteiger partial charge in [-0.05, 0) is 55.3 Å². The van der Waals surface area contributed by atoms with Crippen molar-refractivity contribution >= 4 is 49.7 Å². The monoisotopic (exact) mass is 452 g/mol. The zero-order chi connectivity index (χ0) is 20.6. The average Bonchev–Trinajstić information content (AvgIpc) is 3.43. The number of hydrogen-bond donors (Lipinski definition) is 2. The third-order valence-electron chi connectivity index (χ3n) is 4.18. The van der Waals surface area contributed by atoms with Crippen molar-refractivity contribution in [2.45, 2.75) is 23.7 Å². The third-order valence-corrected chi connectivity index (χ3v) is 6.89. The highest BCUT2D eigenvalue weighted by Crippen LogP contribution is 2.42. The number of nitrogens with one attached hydrogen (secondary N) is 2. The molecular formula is C18H14ClFN4O3S2. The number of anilines is 2. The highest BCUT2D eigenvalue weighted by Gasteiger charge is 2.28. The summed E-state index contributed by atoms with van der Waals surface area (Å²) in [4.78, 5) is 12.4. The van der Waals surface area contributed by atoms with Gasteiger partial charge >= 0.3 is 0 Å². The zero-order valence-electron chi connectivity index (χ0n) is 14.7. The number of benzene rings is 2. The smallest absolute Gasteiger partial charge is 0.261 e. The van der Waals surface area contributed by atoms with Crippen molar-refractivity contribution < 1.29 is 17.6 Å². The number of hydrogen-bond acceptors (Lipinski definition) is 6. The van der Waals surface area contributed by atoms with Gasteiger partial charge in [0.15, 0.2) is 0 Å². The molecule has 11 heteroatoms. The summed E-state index contributed by atoms with van der Waals surface area (Å²) >= 11 is 7.39. The molecule has 1 aliphatic rings. The normalized spacial score (nSPS) is 13.9. The fraction of sp³-hybridized carbons (Fsp3) is 0.167. The number of carbonyl (C=O) groups excluding carboxylic acids is 1. The second-order valence-corrected chi connectivity index (χ2v) is 9.53. The molecule has 0 saturated heterocycles. The number of nitrogens with zero attached hydrogens (tertiary/aromatic N) is 2. The molecule has 0 bridgehead atoms. The summed E-state index contributed by atoms with van der Waals surface area (Å²) in [5, 5.41) is 11.9. The minimum Gasteiger partial charge on any atom is -0.296 e. The van der Waals surface area contributed by atoms with Gasteiger partial charge in [-0.1, -0.05) is 22.9 Å². The number of aromatic nitrogens is 2. The molecule has 1 saturated carbocycles. The number of halogens is 2. The lowest BCUT2D eigenvalue weighted by molar-refractivity contribution is 0.102. The summed E-state index contributed by atoms with van der Waals surface area (Å²) in [6, 6.07) is 8.64. The van der Waals surface area contributed by atoms with Crippen molar-refractivity contribution in [1.29, 1.82) is 0 Å². The molecule has 1 heterocycles. The first-order valence-electron chi connectivity index (χ1n) is 8.54. The molecule has 29 heavy (non-hydrogen) atoms. The van der Waals surface area contributed by atoms with Crippen LogP contribution in [0.4, 0.5) is 15.2 Å². The molecular weight excluding hydrogens is 439 g/mol. The van der Waals surface area contributed by atoms with E-state index in [1.807, 2.05) is 0 Å². The lowest BCUT2D eigenvalue weighted by atomic mass is 10.2. The van der Waals surface area contributed by atoms with Gasteiger partial charge in [0.05, 0.1) is 15.5 Å². The maximum Gasteiger partial charge on any atom is 0.261 e. The molecule has 1 aliphatic carbocycles. The van der Waals surface area contributed by atoms with Gasteiger partial charge < -0.3 is 0 Å². The summed E-state index contributed by atoms with van der Waals surface area (Å²) in [6.07, 6.45) is 2.13. The Morgan fingerprint density at radius 3 is 2.55 bits per heavy atom. The summed E-state index contributed by atoms with van der Waals surface area (Å²) in [6.45, 7) is 0. The Kier molecular flexibility index (Phi) is 5.24. The fourth-order valence-corrected chi connectivity index (χ4v) is 4.72. The minimum atomic E-state index is -4.01. The van der Waals surface area contributed by atoms with Crippen LogP contribution in [0.25, 0.3) is 0 Å². The standard InChI is InChI=1S/C18H14ClFN4O3S2/c19-15-8-7-13(29(26,27)24-12-5-3-11(20)4-6-12)9-14(15)16(25)21-18-23-22-17(28-18)10-1-2-10/h3-10,24H,1-2H2,(H,21,23,25). The minimum absolute atomic E-state index is 0.0168. The van der Waals surface area contributed by atoms with Gasteiger partial charge in [0, 0.05) is 11.6 Å². The van der Waals surface area contributed by atoms with E-state index in [2.05, 4.69) is 20.2 Å². The Morgan fingerprint density at radius 1 is 1.14 bits per heavy atom. The van der Waals surface area contributed by atoms with Crippen molar-refractivity contribution in [3.63, 3.8) is 0 Å². The molecule has 1 fully saturated rings. The van der Waals surface area contributed by atoms with Gasteiger partial charge in [-0.15, -0.1) is 10.2 Å². The molecule has 1 amide bonds. The van der Waals surface area contributed by atoms with Crippen molar-refractivity contribution in [3.8, 4) is 0 Å². The van der Waals surface area contributed by atoms with Crippen LogP contribution in [0.3, 0.4) is 0 Å². The van der Waals surface area contributed by atoms with Crippen LogP contribution in [0, 0.1) is 5.82 Å². The average molecular weight is 453 g/mol. The number of sulfonamides is 1. The molecule has 1 aromatic heterocycles. The molecule has 0 unspecified atom stereocenters. The molecule has 2 aromatic carbocycles. The van der Waals surface area contributed by atoms with Gasteiger partial charge in [-0.3, -0.25) is 14.8 Å². The van der Waals surface area contributed by atoms with Gasteiger partial charge in [0.1, 0.15) is 10.8 Å². The van der Waals surface area contributed by atoms with Crippen molar-refractivity contribution in [2.24, 2.45) is 0 Å². The Labute approximate surface area is 175 Å². The number of rotatable bonds is 6. The Bertz CT molecular complexity index is 1180. The maximum atomic E-state index is 13.0. The van der Waals surface area contributed by atoms with Gasteiger partial charge in [-0.25, -0.2) is 12.8 Å². The van der Waals surface area contributed by atoms with E-state index in [0.717, 1.165) is 30.0 Å². The van der Waals surface area contributed by atoms with Crippen LogP contribution in [0.2, 0.25) is 5.02 Å². The fourth-order valence-electron chi connectivity index (χ4n) is 2.52. The first kappa shape index (κ1) is 19.7. The number of amides is 1. The maximum absolute atomic E-state index is 13.0. The van der Waals surface area contributed by atoms with Crippen molar-refractivity contribution in [2.75, 3.05) is 10.0 Å². The Morgan fingerprint density at radius 2 is 1.86 bits per heavy atom.